The molecule has 188 valence electrons. The zero-order valence-corrected chi connectivity index (χ0v) is 23.0. The van der Waals surface area contributed by atoms with Gasteiger partial charge in [0.25, 0.3) is 0 Å². The molecule has 2 aliphatic rings. The molecule has 2 heterocycles. The van der Waals surface area contributed by atoms with E-state index in [4.69, 9.17) is 4.74 Å². The number of hydrogen-bond acceptors (Lipinski definition) is 4. The molecule has 1 aliphatic heterocycles. The maximum atomic E-state index is 12.5. The number of rotatable bonds is 5. The van der Waals surface area contributed by atoms with Crippen molar-refractivity contribution in [1.82, 2.24) is 19.2 Å². The highest BCUT2D eigenvalue weighted by molar-refractivity contribution is 7.80. The molecule has 1 atom stereocenters. The summed E-state index contributed by atoms with van der Waals surface area (Å²) in [7, 11) is 0. The Balaban J connectivity index is 0.000000841. The molecule has 1 aromatic carbocycles. The molecule has 6 nitrogen and oxygen atoms in total. The predicted molar refractivity (Wildman–Crippen MR) is 145 cm³/mol. The Kier molecular flexibility index (Phi) is 15.6. The van der Waals surface area contributed by atoms with Gasteiger partial charge in [0.15, 0.2) is 11.2 Å². The van der Waals surface area contributed by atoms with Gasteiger partial charge in [-0.2, -0.15) is 17.7 Å². The molecule has 1 saturated heterocycles. The summed E-state index contributed by atoms with van der Waals surface area (Å²) in [5.41, 5.74) is 4.65. The normalized spacial score (nSPS) is 21.3. The molecule has 1 unspecified atom stereocenters. The highest BCUT2D eigenvalue weighted by Gasteiger charge is 2.26. The Morgan fingerprint density at radius 3 is 2.30 bits per heavy atom. The van der Waals surface area contributed by atoms with Gasteiger partial charge in [0.1, 0.15) is 0 Å². The van der Waals surface area contributed by atoms with E-state index in [0.29, 0.717) is 25.2 Å². The van der Waals surface area contributed by atoms with E-state index in [0.717, 1.165) is 50.0 Å². The first-order valence-corrected chi connectivity index (χ1v) is 14.3. The Morgan fingerprint density at radius 1 is 1.06 bits per heavy atom. The smallest absolute Gasteiger partial charge is 0.170 e. The van der Waals surface area contributed by atoms with Crippen molar-refractivity contribution in [1.29, 1.82) is 0 Å². The molecule has 1 aliphatic carbocycles. The molecule has 0 spiro atoms. The average molecular weight is 497 g/mol. The number of thiol groups is 1. The lowest BCUT2D eigenvalue weighted by atomic mass is 9.84. The maximum absolute atomic E-state index is 12.5. The summed E-state index contributed by atoms with van der Waals surface area (Å²) in [4.78, 5) is 0. The quantitative estimate of drug-likeness (QED) is 0.478. The molecule has 0 radical (unpaired) electrons. The SMILES string of the molecule is CC.CC.CS.Cc1cccc(-c2cc(C3CCC(NS(=O)N4CCOCC4)CC3)[nH]n2)c1. The van der Waals surface area contributed by atoms with E-state index in [2.05, 4.69) is 64.8 Å². The van der Waals surface area contributed by atoms with Crippen LogP contribution >= 0.6 is 12.6 Å². The topological polar surface area (TPSA) is 70.2 Å². The highest BCUT2D eigenvalue weighted by Crippen LogP contribution is 2.33. The van der Waals surface area contributed by atoms with Crippen molar-refractivity contribution < 1.29 is 8.95 Å². The van der Waals surface area contributed by atoms with E-state index >= 15 is 0 Å². The van der Waals surface area contributed by atoms with E-state index in [1.54, 1.807) is 6.26 Å². The molecular formula is C25H44N4O2S2. The van der Waals surface area contributed by atoms with Gasteiger partial charge in [-0.3, -0.25) is 5.10 Å². The van der Waals surface area contributed by atoms with Crippen molar-refractivity contribution in [2.24, 2.45) is 0 Å². The lowest BCUT2D eigenvalue weighted by molar-refractivity contribution is 0.0745. The number of morpholine rings is 1. The van der Waals surface area contributed by atoms with Crippen LogP contribution in [0.2, 0.25) is 0 Å². The van der Waals surface area contributed by atoms with Gasteiger partial charge >= 0.3 is 0 Å². The lowest BCUT2D eigenvalue weighted by Crippen LogP contribution is -2.46. The molecule has 4 rings (SSSR count). The summed E-state index contributed by atoms with van der Waals surface area (Å²) in [6.45, 7) is 12.9. The van der Waals surface area contributed by atoms with Crippen LogP contribution in [0.25, 0.3) is 11.3 Å². The summed E-state index contributed by atoms with van der Waals surface area (Å²) >= 11 is 2.43. The molecule has 2 fully saturated rings. The third-order valence-corrected chi connectivity index (χ3v) is 6.92. The van der Waals surface area contributed by atoms with Crippen molar-refractivity contribution in [2.45, 2.75) is 72.3 Å². The van der Waals surface area contributed by atoms with E-state index in [1.807, 2.05) is 32.0 Å². The van der Waals surface area contributed by atoms with Crippen LogP contribution in [-0.2, 0) is 15.9 Å². The zero-order chi connectivity index (χ0) is 24.6. The minimum atomic E-state index is -1.10. The number of ether oxygens (including phenoxy) is 1. The average Bonchev–Trinajstić information content (AvgIpc) is 3.39. The van der Waals surface area contributed by atoms with Crippen molar-refractivity contribution in [2.75, 3.05) is 32.6 Å². The predicted octanol–water partition coefficient (Wildman–Crippen LogP) is 5.51. The molecule has 1 aromatic heterocycles. The fraction of sp³-hybridized carbons (Fsp3) is 0.640. The van der Waals surface area contributed by atoms with Gasteiger partial charge in [-0.25, -0.2) is 13.2 Å². The first kappa shape index (κ1) is 29.8. The van der Waals surface area contributed by atoms with Gasteiger partial charge in [-0.15, -0.1) is 0 Å². The van der Waals surface area contributed by atoms with E-state index in [9.17, 15) is 4.21 Å². The van der Waals surface area contributed by atoms with Crippen LogP contribution < -0.4 is 4.72 Å². The van der Waals surface area contributed by atoms with Gasteiger partial charge in [0.2, 0.25) is 0 Å². The Bertz CT molecular complexity index is 786. The minimum Gasteiger partial charge on any atom is -0.379 e. The third kappa shape index (κ3) is 9.53. The number of aromatic amines is 1. The van der Waals surface area contributed by atoms with Crippen LogP contribution in [0.1, 0.15) is 70.6 Å². The number of aryl methyl sites for hydroxylation is 1. The molecule has 2 aromatic rings. The number of aromatic nitrogens is 2. The second-order valence-electron chi connectivity index (χ2n) is 7.53. The first-order chi connectivity index (χ1) is 16.2. The Labute approximate surface area is 209 Å². The molecule has 1 saturated carbocycles. The summed E-state index contributed by atoms with van der Waals surface area (Å²) in [5, 5.41) is 7.77. The zero-order valence-electron chi connectivity index (χ0n) is 21.3. The van der Waals surface area contributed by atoms with E-state index in [1.165, 1.54) is 11.3 Å². The Hall–Kier alpha value is -1.19. The first-order valence-electron chi connectivity index (χ1n) is 12.3. The van der Waals surface area contributed by atoms with Gasteiger partial charge in [0, 0.05) is 36.3 Å². The third-order valence-electron chi connectivity index (χ3n) is 5.55. The number of nitrogens with zero attached hydrogens (tertiary/aromatic N) is 2. The fourth-order valence-corrected chi connectivity index (χ4v) is 5.10. The summed E-state index contributed by atoms with van der Waals surface area (Å²) in [6, 6.07) is 11.0. The summed E-state index contributed by atoms with van der Waals surface area (Å²) < 4.78 is 23.1. The standard InChI is InChI=1S/C20H28N4O2S.2C2H6.CH4S/c1-15-3-2-4-17(13-15)20-14-19(21-22-20)16-5-7-18(8-6-16)23-27(25)24-9-11-26-12-10-24;3*1-2/h2-4,13-14,16,18,23H,5-12H2,1H3,(H,21,22);2*1-2H3;2H,1H3. The Morgan fingerprint density at radius 2 is 1.70 bits per heavy atom. The number of nitrogens with one attached hydrogen (secondary N) is 2. The minimum absolute atomic E-state index is 0.323. The van der Waals surface area contributed by atoms with Gasteiger partial charge in [-0.05, 0) is 51.0 Å². The van der Waals surface area contributed by atoms with Gasteiger partial charge in [0.05, 0.1) is 18.9 Å². The lowest BCUT2D eigenvalue weighted by Gasteiger charge is -2.31. The van der Waals surface area contributed by atoms with Crippen LogP contribution in [0.5, 0.6) is 0 Å². The van der Waals surface area contributed by atoms with Crippen molar-refractivity contribution in [3.8, 4) is 11.3 Å². The summed E-state index contributed by atoms with van der Waals surface area (Å²) in [5.74, 6) is 0.505. The molecule has 33 heavy (non-hydrogen) atoms. The van der Waals surface area contributed by atoms with E-state index in [-0.39, 0.29) is 0 Å². The number of benzene rings is 1. The van der Waals surface area contributed by atoms with Crippen LogP contribution in [0.3, 0.4) is 0 Å². The van der Waals surface area contributed by atoms with Crippen LogP contribution in [0, 0.1) is 6.92 Å². The molecule has 8 heteroatoms. The fourth-order valence-electron chi connectivity index (χ4n) is 3.95. The molecular weight excluding hydrogens is 452 g/mol. The second kappa shape index (κ2) is 17.3. The van der Waals surface area contributed by atoms with Crippen LogP contribution in [0.15, 0.2) is 30.3 Å². The number of H-pyrrole nitrogens is 1. The van der Waals surface area contributed by atoms with Crippen molar-refractivity contribution in [3.63, 3.8) is 0 Å². The molecule has 0 bridgehead atoms. The van der Waals surface area contributed by atoms with Crippen molar-refractivity contribution >= 4 is 23.8 Å². The highest BCUT2D eigenvalue weighted by atomic mass is 32.2. The van der Waals surface area contributed by atoms with Crippen LogP contribution in [-0.4, -0.2) is 57.3 Å². The van der Waals surface area contributed by atoms with Gasteiger partial charge in [-0.1, -0.05) is 51.5 Å². The number of hydrogen-bond donors (Lipinski definition) is 3. The monoisotopic (exact) mass is 496 g/mol. The molecule has 2 N–H and O–H groups in total. The molecule has 0 amide bonds. The van der Waals surface area contributed by atoms with Gasteiger partial charge < -0.3 is 4.74 Å². The maximum Gasteiger partial charge on any atom is 0.170 e. The summed E-state index contributed by atoms with van der Waals surface area (Å²) in [6.07, 6.45) is 5.96. The van der Waals surface area contributed by atoms with E-state index < -0.39 is 11.2 Å². The second-order valence-corrected chi connectivity index (χ2v) is 8.79. The van der Waals surface area contributed by atoms with Crippen LogP contribution in [0.4, 0.5) is 0 Å². The van der Waals surface area contributed by atoms with Crippen molar-refractivity contribution in [3.05, 3.63) is 41.6 Å². The largest absolute Gasteiger partial charge is 0.379 e.